The quantitative estimate of drug-likeness (QED) is 0.731. The van der Waals surface area contributed by atoms with E-state index in [1.807, 2.05) is 53.9 Å². The number of imidazole rings is 1. The van der Waals surface area contributed by atoms with Gasteiger partial charge in [-0.05, 0) is 49.6 Å². The van der Waals surface area contributed by atoms with Crippen molar-refractivity contribution in [2.75, 3.05) is 23.3 Å². The molecule has 3 N–H and O–H groups in total. The number of para-hydroxylation sites is 2. The topological polar surface area (TPSA) is 92.7 Å². The molecule has 0 unspecified atom stereocenters. The van der Waals surface area contributed by atoms with Gasteiger partial charge in [-0.25, -0.2) is 4.98 Å². The van der Waals surface area contributed by atoms with E-state index in [2.05, 4.69) is 15.2 Å². The van der Waals surface area contributed by atoms with Crippen molar-refractivity contribution in [1.82, 2.24) is 9.38 Å². The number of rotatable bonds is 4. The van der Waals surface area contributed by atoms with Crippen LogP contribution in [0.25, 0.3) is 5.65 Å². The molecule has 28 heavy (non-hydrogen) atoms. The maximum Gasteiger partial charge on any atom is 0.275 e. The van der Waals surface area contributed by atoms with Gasteiger partial charge in [0.1, 0.15) is 11.3 Å². The minimum atomic E-state index is -0.249. The number of fused-ring (bicyclic) bond motifs is 1. The molecule has 1 aliphatic rings. The lowest BCUT2D eigenvalue weighted by Crippen LogP contribution is -2.38. The molecule has 7 heteroatoms. The highest BCUT2D eigenvalue weighted by Gasteiger charge is 2.24. The Kier molecular flexibility index (Phi) is 4.73. The highest BCUT2D eigenvalue weighted by Crippen LogP contribution is 2.30. The monoisotopic (exact) mass is 377 g/mol. The predicted octanol–water partition coefficient (Wildman–Crippen LogP) is 2.60. The molecule has 0 spiro atoms. The molecule has 144 valence electrons. The number of amides is 2. The standard InChI is InChI=1S/C21H23N5O2/c1-14-6-9-26-13-17(23-19(26)12-14)21(28)24-16-4-2-3-5-18(16)25-10-7-15(8-11-25)20(22)27/h2-6,9,12-13,15H,7-8,10-11H2,1H3,(H2,22,27)(H,24,28). The first-order valence-corrected chi connectivity index (χ1v) is 9.41. The van der Waals surface area contributed by atoms with E-state index >= 15 is 0 Å². The third-order valence-electron chi connectivity index (χ3n) is 5.24. The molecule has 0 bridgehead atoms. The molecule has 1 fully saturated rings. The number of pyridine rings is 1. The van der Waals surface area contributed by atoms with Crippen molar-refractivity contribution in [1.29, 1.82) is 0 Å². The lowest BCUT2D eigenvalue weighted by Gasteiger charge is -2.33. The molecule has 1 aromatic carbocycles. The first-order valence-electron chi connectivity index (χ1n) is 9.41. The molecular weight excluding hydrogens is 354 g/mol. The number of anilines is 2. The lowest BCUT2D eigenvalue weighted by atomic mass is 9.96. The van der Waals surface area contributed by atoms with Gasteiger partial charge in [0, 0.05) is 31.4 Å². The molecule has 1 saturated heterocycles. The van der Waals surface area contributed by atoms with E-state index in [-0.39, 0.29) is 17.7 Å². The van der Waals surface area contributed by atoms with E-state index < -0.39 is 0 Å². The first-order chi connectivity index (χ1) is 13.5. The number of aromatic nitrogens is 2. The third kappa shape index (κ3) is 3.55. The van der Waals surface area contributed by atoms with Gasteiger partial charge in [-0.1, -0.05) is 12.1 Å². The van der Waals surface area contributed by atoms with Crippen molar-refractivity contribution in [3.05, 3.63) is 60.0 Å². The van der Waals surface area contributed by atoms with Crippen LogP contribution in [0.4, 0.5) is 11.4 Å². The van der Waals surface area contributed by atoms with Crippen molar-refractivity contribution in [2.45, 2.75) is 19.8 Å². The molecule has 7 nitrogen and oxygen atoms in total. The maximum atomic E-state index is 12.8. The Balaban J connectivity index is 1.53. The predicted molar refractivity (Wildman–Crippen MR) is 108 cm³/mol. The van der Waals surface area contributed by atoms with Crippen LogP contribution < -0.4 is 16.0 Å². The molecule has 2 aromatic heterocycles. The number of piperidine rings is 1. The molecule has 3 heterocycles. The van der Waals surface area contributed by atoms with Crippen molar-refractivity contribution in [3.63, 3.8) is 0 Å². The van der Waals surface area contributed by atoms with Crippen molar-refractivity contribution >= 4 is 28.8 Å². The highest BCUT2D eigenvalue weighted by atomic mass is 16.2. The summed E-state index contributed by atoms with van der Waals surface area (Å²) in [6.45, 7) is 3.45. The summed E-state index contributed by atoms with van der Waals surface area (Å²) in [5.74, 6) is -0.552. The molecule has 0 radical (unpaired) electrons. The fraction of sp³-hybridized carbons (Fsp3) is 0.286. The van der Waals surface area contributed by atoms with Gasteiger partial charge in [0.2, 0.25) is 5.91 Å². The average molecular weight is 377 g/mol. The second-order valence-electron chi connectivity index (χ2n) is 7.23. The Labute approximate surface area is 163 Å². The number of hydrogen-bond acceptors (Lipinski definition) is 4. The SMILES string of the molecule is Cc1ccn2cc(C(=O)Nc3ccccc3N3CCC(C(N)=O)CC3)nc2c1. The van der Waals surface area contributed by atoms with E-state index in [1.165, 1.54) is 0 Å². The molecule has 4 rings (SSSR count). The van der Waals surface area contributed by atoms with Gasteiger partial charge in [0.05, 0.1) is 11.4 Å². The number of carbonyl (C=O) groups excluding carboxylic acids is 2. The Morgan fingerprint density at radius 2 is 1.93 bits per heavy atom. The van der Waals surface area contributed by atoms with Crippen LogP contribution in [0.2, 0.25) is 0 Å². The van der Waals surface area contributed by atoms with E-state index in [0.717, 1.165) is 48.5 Å². The number of nitrogens with one attached hydrogen (secondary N) is 1. The number of carbonyl (C=O) groups is 2. The number of nitrogens with two attached hydrogens (primary N) is 1. The fourth-order valence-electron chi connectivity index (χ4n) is 3.64. The second-order valence-corrected chi connectivity index (χ2v) is 7.23. The molecule has 2 amide bonds. The summed E-state index contributed by atoms with van der Waals surface area (Å²) < 4.78 is 1.84. The summed E-state index contributed by atoms with van der Waals surface area (Å²) in [6, 6.07) is 11.6. The van der Waals surface area contributed by atoms with Crippen LogP contribution in [0.5, 0.6) is 0 Å². The van der Waals surface area contributed by atoms with Crippen molar-refractivity contribution in [3.8, 4) is 0 Å². The molecule has 3 aromatic rings. The van der Waals surface area contributed by atoms with Gasteiger partial charge in [0.25, 0.3) is 5.91 Å². The molecule has 0 atom stereocenters. The van der Waals surface area contributed by atoms with Crippen LogP contribution in [0.1, 0.15) is 28.9 Å². The van der Waals surface area contributed by atoms with E-state index in [4.69, 9.17) is 5.73 Å². The Hall–Kier alpha value is -3.35. The van der Waals surface area contributed by atoms with E-state index in [9.17, 15) is 9.59 Å². The number of nitrogens with zero attached hydrogens (tertiary/aromatic N) is 3. The lowest BCUT2D eigenvalue weighted by molar-refractivity contribution is -0.122. The van der Waals surface area contributed by atoms with Gasteiger partial charge in [-0.2, -0.15) is 0 Å². The number of benzene rings is 1. The zero-order valence-corrected chi connectivity index (χ0v) is 15.8. The van der Waals surface area contributed by atoms with Gasteiger partial charge in [-0.15, -0.1) is 0 Å². The van der Waals surface area contributed by atoms with E-state index in [1.54, 1.807) is 6.20 Å². The minimum absolute atomic E-state index is 0.0700. The molecule has 0 saturated carbocycles. The van der Waals surface area contributed by atoms with Crippen molar-refractivity contribution < 1.29 is 9.59 Å². The Morgan fingerprint density at radius 3 is 2.68 bits per heavy atom. The zero-order chi connectivity index (χ0) is 19.7. The maximum absolute atomic E-state index is 12.8. The van der Waals surface area contributed by atoms with Gasteiger partial charge in [-0.3, -0.25) is 9.59 Å². The van der Waals surface area contributed by atoms with Crippen LogP contribution >= 0.6 is 0 Å². The van der Waals surface area contributed by atoms with E-state index in [0.29, 0.717) is 5.69 Å². The summed E-state index contributed by atoms with van der Waals surface area (Å²) in [5, 5.41) is 2.99. The average Bonchev–Trinajstić information content (AvgIpc) is 3.12. The summed E-state index contributed by atoms with van der Waals surface area (Å²) in [4.78, 5) is 30.8. The number of primary amides is 1. The van der Waals surface area contributed by atoms with Gasteiger partial charge < -0.3 is 20.4 Å². The van der Waals surface area contributed by atoms with Crippen LogP contribution in [0.3, 0.4) is 0 Å². The first kappa shape index (κ1) is 18.0. The second kappa shape index (κ2) is 7.34. The van der Waals surface area contributed by atoms with Crippen LogP contribution in [0.15, 0.2) is 48.8 Å². The number of hydrogen-bond donors (Lipinski definition) is 2. The van der Waals surface area contributed by atoms with Crippen LogP contribution in [-0.2, 0) is 4.79 Å². The summed E-state index contributed by atoms with van der Waals surface area (Å²) in [6.07, 6.45) is 5.07. The largest absolute Gasteiger partial charge is 0.370 e. The Bertz CT molecular complexity index is 1030. The summed E-state index contributed by atoms with van der Waals surface area (Å²) in [5.41, 5.74) is 9.31. The molecule has 1 aliphatic heterocycles. The number of aryl methyl sites for hydroxylation is 1. The van der Waals surface area contributed by atoms with Gasteiger partial charge in [0.15, 0.2) is 0 Å². The van der Waals surface area contributed by atoms with Crippen LogP contribution in [0, 0.1) is 12.8 Å². The molecular formula is C21H23N5O2. The normalized spacial score (nSPS) is 15.0. The summed E-state index contributed by atoms with van der Waals surface area (Å²) in [7, 11) is 0. The van der Waals surface area contributed by atoms with Crippen LogP contribution in [-0.4, -0.2) is 34.3 Å². The zero-order valence-electron chi connectivity index (χ0n) is 15.8. The van der Waals surface area contributed by atoms with Crippen molar-refractivity contribution in [2.24, 2.45) is 11.7 Å². The highest BCUT2D eigenvalue weighted by molar-refractivity contribution is 6.05. The molecule has 0 aliphatic carbocycles. The smallest absolute Gasteiger partial charge is 0.275 e. The third-order valence-corrected chi connectivity index (χ3v) is 5.24. The summed E-state index contributed by atoms with van der Waals surface area (Å²) >= 11 is 0. The fourth-order valence-corrected chi connectivity index (χ4v) is 3.64. The minimum Gasteiger partial charge on any atom is -0.370 e. The Morgan fingerprint density at radius 1 is 1.18 bits per heavy atom. The van der Waals surface area contributed by atoms with Gasteiger partial charge >= 0.3 is 0 Å².